The lowest BCUT2D eigenvalue weighted by Gasteiger charge is -2.32. The molecule has 2 aliphatic rings. The third-order valence-electron chi connectivity index (χ3n) is 8.42. The Morgan fingerprint density at radius 3 is 2.03 bits per heavy atom. The third kappa shape index (κ3) is 5.09. The van der Waals surface area contributed by atoms with Crippen molar-refractivity contribution in [3.8, 4) is 0 Å². The molecule has 2 fully saturated rings. The number of hydrogen-bond donors (Lipinski definition) is 0. The molecule has 0 N–H and O–H groups in total. The number of aryl methyl sites for hydroxylation is 1. The molecule has 1 heteroatoms. The molecule has 0 saturated heterocycles. The van der Waals surface area contributed by atoms with Crippen LogP contribution < -0.4 is 0 Å². The minimum Gasteiger partial charge on any atom is -0.206 e. The smallest absolute Gasteiger partial charge is 0.134 e. The van der Waals surface area contributed by atoms with Gasteiger partial charge in [-0.1, -0.05) is 95.5 Å². The second-order valence-corrected chi connectivity index (χ2v) is 10.4. The molecule has 0 atom stereocenters. The first kappa shape index (κ1) is 21.8. The van der Waals surface area contributed by atoms with Crippen LogP contribution in [-0.2, 0) is 6.42 Å². The zero-order valence-corrected chi connectivity index (χ0v) is 19.3. The fourth-order valence-corrected chi connectivity index (χ4v) is 6.26. The summed E-state index contributed by atoms with van der Waals surface area (Å²) in [4.78, 5) is 0. The Labute approximate surface area is 183 Å². The predicted molar refractivity (Wildman–Crippen MR) is 128 cm³/mol. The van der Waals surface area contributed by atoms with E-state index in [0.29, 0.717) is 5.92 Å². The average Bonchev–Trinajstić information content (AvgIpc) is 2.80. The summed E-state index contributed by atoms with van der Waals surface area (Å²) in [6, 6.07) is 10.6. The van der Waals surface area contributed by atoms with Crippen molar-refractivity contribution in [1.82, 2.24) is 0 Å². The average molecular weight is 409 g/mol. The van der Waals surface area contributed by atoms with E-state index in [9.17, 15) is 4.39 Å². The molecule has 0 amide bonds. The van der Waals surface area contributed by atoms with Crippen LogP contribution in [0.25, 0.3) is 10.8 Å². The van der Waals surface area contributed by atoms with Crippen LogP contribution in [-0.4, -0.2) is 0 Å². The number of hydrogen-bond acceptors (Lipinski definition) is 0. The fraction of sp³-hybridized carbons (Fsp3) is 0.655. The molecule has 4 rings (SSSR count). The summed E-state index contributed by atoms with van der Waals surface area (Å²) in [7, 11) is 0. The van der Waals surface area contributed by atoms with Gasteiger partial charge in [0.1, 0.15) is 5.82 Å². The lowest BCUT2D eigenvalue weighted by atomic mass is 9.74. The van der Waals surface area contributed by atoms with E-state index in [0.717, 1.165) is 46.9 Å². The normalized spacial score (nSPS) is 27.4. The van der Waals surface area contributed by atoms with E-state index in [2.05, 4.69) is 32.0 Å². The summed E-state index contributed by atoms with van der Waals surface area (Å²) >= 11 is 0. The Morgan fingerprint density at radius 2 is 1.40 bits per heavy atom. The van der Waals surface area contributed by atoms with Crippen molar-refractivity contribution < 1.29 is 4.39 Å². The first-order valence-corrected chi connectivity index (χ1v) is 12.9. The van der Waals surface area contributed by atoms with E-state index in [1.54, 1.807) is 0 Å². The van der Waals surface area contributed by atoms with Gasteiger partial charge in [0.05, 0.1) is 0 Å². The Bertz CT molecular complexity index is 806. The van der Waals surface area contributed by atoms with Crippen LogP contribution in [0, 0.1) is 23.6 Å². The Morgan fingerprint density at radius 1 is 0.767 bits per heavy atom. The molecular weight excluding hydrogens is 367 g/mol. The zero-order valence-electron chi connectivity index (χ0n) is 19.3. The van der Waals surface area contributed by atoms with Crippen molar-refractivity contribution in [2.45, 2.75) is 103 Å². The third-order valence-corrected chi connectivity index (χ3v) is 8.42. The van der Waals surface area contributed by atoms with E-state index in [1.165, 1.54) is 76.2 Å². The van der Waals surface area contributed by atoms with Gasteiger partial charge in [-0.15, -0.1) is 0 Å². The summed E-state index contributed by atoms with van der Waals surface area (Å²) in [5, 5.41) is 1.88. The molecule has 30 heavy (non-hydrogen) atoms. The molecular formula is C29H41F. The highest BCUT2D eigenvalue weighted by Gasteiger charge is 2.25. The van der Waals surface area contributed by atoms with Crippen molar-refractivity contribution in [3.05, 3.63) is 47.3 Å². The predicted octanol–water partition coefficient (Wildman–Crippen LogP) is 9.20. The van der Waals surface area contributed by atoms with Gasteiger partial charge in [-0.25, -0.2) is 4.39 Å². The standard InChI is InChI=1S/C29H41F/c1-3-5-25-16-17-27-20-26(18-19-28(27)29(25)30)24-14-12-23(13-15-24)11-10-22-8-6-21(4-2)7-9-22/h16-24H,3-15H2,1-2H3. The molecule has 164 valence electrons. The minimum atomic E-state index is -0.00224. The molecule has 0 aromatic heterocycles. The monoisotopic (exact) mass is 408 g/mol. The quantitative estimate of drug-likeness (QED) is 0.428. The largest absolute Gasteiger partial charge is 0.206 e. The van der Waals surface area contributed by atoms with Gasteiger partial charge in [-0.3, -0.25) is 0 Å². The summed E-state index contributed by atoms with van der Waals surface area (Å²) in [5.41, 5.74) is 2.29. The molecule has 0 bridgehead atoms. The maximum atomic E-state index is 14.8. The van der Waals surface area contributed by atoms with Crippen LogP contribution in [0.4, 0.5) is 4.39 Å². The summed E-state index contributed by atoms with van der Waals surface area (Å²) < 4.78 is 14.8. The molecule has 0 unspecified atom stereocenters. The highest BCUT2D eigenvalue weighted by atomic mass is 19.1. The molecule has 2 aliphatic carbocycles. The lowest BCUT2D eigenvalue weighted by molar-refractivity contribution is 0.227. The Hall–Kier alpha value is -1.37. The van der Waals surface area contributed by atoms with Crippen molar-refractivity contribution >= 4 is 10.8 Å². The van der Waals surface area contributed by atoms with Gasteiger partial charge >= 0.3 is 0 Å². The van der Waals surface area contributed by atoms with Gasteiger partial charge in [0.25, 0.3) is 0 Å². The summed E-state index contributed by atoms with van der Waals surface area (Å²) in [6.07, 6.45) is 17.5. The van der Waals surface area contributed by atoms with E-state index in [-0.39, 0.29) is 5.82 Å². The highest BCUT2D eigenvalue weighted by molar-refractivity contribution is 5.84. The molecule has 0 aliphatic heterocycles. The van der Waals surface area contributed by atoms with Crippen LogP contribution in [0.5, 0.6) is 0 Å². The van der Waals surface area contributed by atoms with E-state index < -0.39 is 0 Å². The molecule has 2 saturated carbocycles. The van der Waals surface area contributed by atoms with Crippen LogP contribution in [0.2, 0.25) is 0 Å². The summed E-state index contributed by atoms with van der Waals surface area (Å²) in [5.74, 6) is 3.64. The van der Waals surface area contributed by atoms with Gasteiger partial charge in [0.15, 0.2) is 0 Å². The molecule has 0 radical (unpaired) electrons. The molecule has 2 aromatic carbocycles. The minimum absolute atomic E-state index is 0.00224. The molecule has 2 aromatic rings. The number of halogens is 1. The van der Waals surface area contributed by atoms with Gasteiger partial charge in [0.2, 0.25) is 0 Å². The second-order valence-electron chi connectivity index (χ2n) is 10.4. The first-order valence-electron chi connectivity index (χ1n) is 12.9. The van der Waals surface area contributed by atoms with Crippen LogP contribution in [0.15, 0.2) is 30.3 Å². The number of fused-ring (bicyclic) bond motifs is 1. The van der Waals surface area contributed by atoms with Crippen molar-refractivity contribution in [2.24, 2.45) is 17.8 Å². The molecule has 0 spiro atoms. The Balaban J connectivity index is 1.29. The Kier molecular flexibility index (Phi) is 7.50. The zero-order chi connectivity index (χ0) is 20.9. The first-order chi connectivity index (χ1) is 14.7. The number of benzene rings is 2. The fourth-order valence-electron chi connectivity index (χ4n) is 6.26. The van der Waals surface area contributed by atoms with E-state index >= 15 is 0 Å². The van der Waals surface area contributed by atoms with Gasteiger partial charge < -0.3 is 0 Å². The number of rotatable bonds is 7. The van der Waals surface area contributed by atoms with Gasteiger partial charge in [-0.05, 0) is 72.3 Å². The maximum absolute atomic E-state index is 14.8. The highest BCUT2D eigenvalue weighted by Crippen LogP contribution is 2.40. The van der Waals surface area contributed by atoms with Crippen molar-refractivity contribution in [1.29, 1.82) is 0 Å². The SMILES string of the molecule is CCCc1ccc2cc(C3CCC(CCC4CCC(CC)CC4)CC3)ccc2c1F. The maximum Gasteiger partial charge on any atom is 0.134 e. The topological polar surface area (TPSA) is 0 Å². The van der Waals surface area contributed by atoms with E-state index in [1.807, 2.05) is 12.1 Å². The van der Waals surface area contributed by atoms with Crippen LogP contribution in [0.1, 0.15) is 108 Å². The van der Waals surface area contributed by atoms with Crippen LogP contribution >= 0.6 is 0 Å². The van der Waals surface area contributed by atoms with Gasteiger partial charge in [-0.2, -0.15) is 0 Å². The molecule has 0 heterocycles. The van der Waals surface area contributed by atoms with Crippen molar-refractivity contribution in [3.63, 3.8) is 0 Å². The summed E-state index contributed by atoms with van der Waals surface area (Å²) in [6.45, 7) is 4.47. The van der Waals surface area contributed by atoms with Crippen molar-refractivity contribution in [2.75, 3.05) is 0 Å². The second kappa shape index (κ2) is 10.3. The van der Waals surface area contributed by atoms with E-state index in [4.69, 9.17) is 0 Å². The van der Waals surface area contributed by atoms with Crippen LogP contribution in [0.3, 0.4) is 0 Å². The molecule has 0 nitrogen and oxygen atoms in total. The van der Waals surface area contributed by atoms with Gasteiger partial charge in [0, 0.05) is 5.39 Å². The lowest BCUT2D eigenvalue weighted by Crippen LogP contribution is -2.17.